The van der Waals surface area contributed by atoms with Crippen LogP contribution in [0.4, 0.5) is 0 Å². The smallest absolute Gasteiger partial charge is 0.323 e. The molecule has 1 aliphatic carbocycles. The first-order valence-corrected chi connectivity index (χ1v) is 5.55. The summed E-state index contributed by atoms with van der Waals surface area (Å²) in [6.07, 6.45) is 5.15. The number of aryl methyl sites for hydroxylation is 1. The molecule has 17 heavy (non-hydrogen) atoms. The highest BCUT2D eigenvalue weighted by Gasteiger charge is 2.29. The predicted molar refractivity (Wildman–Crippen MR) is 59.5 cm³/mol. The number of imidazole rings is 1. The summed E-state index contributed by atoms with van der Waals surface area (Å²) in [5, 5.41) is 8.82. The lowest BCUT2D eigenvalue weighted by atomic mass is 10.3. The number of carbonyl (C=O) groups excluding carboxylic acids is 1. The summed E-state index contributed by atoms with van der Waals surface area (Å²) >= 11 is 0. The normalized spacial score (nSPS) is 14.6. The van der Waals surface area contributed by atoms with Crippen LogP contribution in [0, 0.1) is 5.92 Å². The van der Waals surface area contributed by atoms with Gasteiger partial charge in [-0.15, -0.1) is 0 Å². The number of hydrogen-bond donors (Lipinski definition) is 1. The molecule has 1 aromatic heterocycles. The molecular formula is C11H15N3O3. The number of carbonyl (C=O) groups is 2. The molecule has 0 unspecified atom stereocenters. The van der Waals surface area contributed by atoms with Gasteiger partial charge in [0.2, 0.25) is 0 Å². The Balaban J connectivity index is 2.10. The van der Waals surface area contributed by atoms with Crippen molar-refractivity contribution in [2.75, 3.05) is 13.1 Å². The molecule has 2 rings (SSSR count). The van der Waals surface area contributed by atoms with Crippen LogP contribution in [-0.2, 0) is 11.8 Å². The molecule has 1 saturated carbocycles. The highest BCUT2D eigenvalue weighted by molar-refractivity contribution is 5.94. The molecule has 1 fully saturated rings. The molecular weight excluding hydrogens is 222 g/mol. The third-order valence-corrected chi connectivity index (χ3v) is 2.82. The maximum atomic E-state index is 12.1. The molecule has 0 atom stereocenters. The third-order valence-electron chi connectivity index (χ3n) is 2.82. The van der Waals surface area contributed by atoms with Crippen LogP contribution in [0.3, 0.4) is 0 Å². The van der Waals surface area contributed by atoms with Crippen LogP contribution in [0.5, 0.6) is 0 Å². The van der Waals surface area contributed by atoms with Crippen molar-refractivity contribution in [2.45, 2.75) is 12.8 Å². The number of aromatic nitrogens is 2. The summed E-state index contributed by atoms with van der Waals surface area (Å²) in [5.41, 5.74) is 0.423. The molecule has 0 aromatic carbocycles. The van der Waals surface area contributed by atoms with Gasteiger partial charge in [0.15, 0.2) is 0 Å². The number of nitrogens with zero attached hydrogens (tertiary/aromatic N) is 3. The number of amides is 1. The van der Waals surface area contributed by atoms with Gasteiger partial charge in [0, 0.05) is 13.6 Å². The van der Waals surface area contributed by atoms with E-state index in [0.29, 0.717) is 18.2 Å². The van der Waals surface area contributed by atoms with Crippen LogP contribution in [0.1, 0.15) is 23.3 Å². The Bertz CT molecular complexity index is 437. The molecule has 0 spiro atoms. The highest BCUT2D eigenvalue weighted by atomic mass is 16.4. The van der Waals surface area contributed by atoms with Gasteiger partial charge in [-0.25, -0.2) is 4.98 Å². The summed E-state index contributed by atoms with van der Waals surface area (Å²) in [5.74, 6) is -0.785. The van der Waals surface area contributed by atoms with E-state index >= 15 is 0 Å². The molecule has 0 radical (unpaired) electrons. The van der Waals surface area contributed by atoms with Gasteiger partial charge in [0.25, 0.3) is 5.91 Å². The quantitative estimate of drug-likeness (QED) is 0.802. The van der Waals surface area contributed by atoms with Gasteiger partial charge in [-0.2, -0.15) is 0 Å². The largest absolute Gasteiger partial charge is 0.480 e. The van der Waals surface area contributed by atoms with Crippen LogP contribution < -0.4 is 0 Å². The number of carboxylic acids is 1. The average Bonchev–Trinajstić information content (AvgIpc) is 2.97. The fourth-order valence-electron chi connectivity index (χ4n) is 1.72. The zero-order valence-electron chi connectivity index (χ0n) is 9.67. The van der Waals surface area contributed by atoms with E-state index in [2.05, 4.69) is 4.98 Å². The molecule has 1 aliphatic rings. The molecule has 92 valence electrons. The Morgan fingerprint density at radius 3 is 2.76 bits per heavy atom. The number of aliphatic carboxylic acids is 1. The van der Waals surface area contributed by atoms with Crippen molar-refractivity contribution in [1.82, 2.24) is 14.5 Å². The predicted octanol–water partition coefficient (Wildman–Crippen LogP) is 0.357. The third kappa shape index (κ3) is 2.83. The minimum absolute atomic E-state index is 0.249. The molecule has 1 aromatic rings. The number of carboxylic acid groups (broad SMARTS) is 1. The van der Waals surface area contributed by atoms with Crippen molar-refractivity contribution in [3.8, 4) is 0 Å². The van der Waals surface area contributed by atoms with E-state index in [-0.39, 0.29) is 12.5 Å². The monoisotopic (exact) mass is 237 g/mol. The first-order chi connectivity index (χ1) is 8.08. The Hall–Kier alpha value is -1.85. The SMILES string of the molecule is Cn1cncc1C(=O)N(CC(=O)O)CC1CC1. The summed E-state index contributed by atoms with van der Waals surface area (Å²) in [7, 11) is 1.72. The van der Waals surface area contributed by atoms with Gasteiger partial charge < -0.3 is 14.6 Å². The first-order valence-electron chi connectivity index (χ1n) is 5.55. The van der Waals surface area contributed by atoms with E-state index in [9.17, 15) is 9.59 Å². The van der Waals surface area contributed by atoms with Crippen LogP contribution in [0.25, 0.3) is 0 Å². The van der Waals surface area contributed by atoms with Gasteiger partial charge >= 0.3 is 5.97 Å². The fraction of sp³-hybridized carbons (Fsp3) is 0.545. The van der Waals surface area contributed by atoms with Crippen molar-refractivity contribution < 1.29 is 14.7 Å². The second-order valence-electron chi connectivity index (χ2n) is 4.41. The van der Waals surface area contributed by atoms with Crippen molar-refractivity contribution >= 4 is 11.9 Å². The van der Waals surface area contributed by atoms with Gasteiger partial charge in [0.1, 0.15) is 12.2 Å². The summed E-state index contributed by atoms with van der Waals surface area (Å²) in [6, 6.07) is 0. The van der Waals surface area contributed by atoms with Crippen molar-refractivity contribution in [3.05, 3.63) is 18.2 Å². The Kier molecular flexibility index (Phi) is 3.12. The van der Waals surface area contributed by atoms with Gasteiger partial charge in [-0.1, -0.05) is 0 Å². The second kappa shape index (κ2) is 4.57. The fourth-order valence-corrected chi connectivity index (χ4v) is 1.72. The maximum Gasteiger partial charge on any atom is 0.323 e. The van der Waals surface area contributed by atoms with E-state index < -0.39 is 5.97 Å². The van der Waals surface area contributed by atoms with Crippen LogP contribution in [-0.4, -0.2) is 44.5 Å². The van der Waals surface area contributed by atoms with Crippen molar-refractivity contribution in [3.63, 3.8) is 0 Å². The molecule has 0 bridgehead atoms. The Labute approximate surface area is 98.9 Å². The standard InChI is InChI=1S/C11H15N3O3/c1-13-7-12-4-9(13)11(17)14(6-10(15)16)5-8-2-3-8/h4,7-8H,2-3,5-6H2,1H3,(H,15,16). The zero-order chi connectivity index (χ0) is 12.4. The molecule has 1 amide bonds. The van der Waals surface area contributed by atoms with E-state index in [0.717, 1.165) is 12.8 Å². The van der Waals surface area contributed by atoms with E-state index in [1.165, 1.54) is 17.4 Å². The average molecular weight is 237 g/mol. The molecule has 0 aliphatic heterocycles. The number of hydrogen-bond acceptors (Lipinski definition) is 3. The Morgan fingerprint density at radius 2 is 2.29 bits per heavy atom. The van der Waals surface area contributed by atoms with Crippen molar-refractivity contribution in [1.29, 1.82) is 0 Å². The van der Waals surface area contributed by atoms with E-state index in [1.54, 1.807) is 11.6 Å². The Morgan fingerprint density at radius 1 is 1.59 bits per heavy atom. The number of rotatable bonds is 5. The lowest BCUT2D eigenvalue weighted by Gasteiger charge is -2.20. The minimum Gasteiger partial charge on any atom is -0.480 e. The topological polar surface area (TPSA) is 75.4 Å². The highest BCUT2D eigenvalue weighted by Crippen LogP contribution is 2.30. The summed E-state index contributed by atoms with van der Waals surface area (Å²) in [6.45, 7) is 0.275. The maximum absolute atomic E-state index is 12.1. The summed E-state index contributed by atoms with van der Waals surface area (Å²) in [4.78, 5) is 28.1. The van der Waals surface area contributed by atoms with Crippen molar-refractivity contribution in [2.24, 2.45) is 13.0 Å². The molecule has 1 heterocycles. The first kappa shape index (κ1) is 11.6. The molecule has 6 nitrogen and oxygen atoms in total. The molecule has 0 saturated heterocycles. The lowest BCUT2D eigenvalue weighted by Crippen LogP contribution is -2.38. The molecule has 6 heteroatoms. The van der Waals surface area contributed by atoms with Gasteiger partial charge in [0.05, 0.1) is 12.5 Å². The van der Waals surface area contributed by atoms with Gasteiger partial charge in [-0.3, -0.25) is 9.59 Å². The van der Waals surface area contributed by atoms with E-state index in [4.69, 9.17) is 5.11 Å². The van der Waals surface area contributed by atoms with E-state index in [1.807, 2.05) is 0 Å². The zero-order valence-corrected chi connectivity index (χ0v) is 9.67. The second-order valence-corrected chi connectivity index (χ2v) is 4.41. The van der Waals surface area contributed by atoms with Crippen LogP contribution in [0.15, 0.2) is 12.5 Å². The van der Waals surface area contributed by atoms with Crippen LogP contribution in [0.2, 0.25) is 0 Å². The molecule has 1 N–H and O–H groups in total. The van der Waals surface area contributed by atoms with Gasteiger partial charge in [-0.05, 0) is 18.8 Å². The van der Waals surface area contributed by atoms with Crippen LogP contribution >= 0.6 is 0 Å². The lowest BCUT2D eigenvalue weighted by molar-refractivity contribution is -0.137. The summed E-state index contributed by atoms with van der Waals surface area (Å²) < 4.78 is 1.60. The minimum atomic E-state index is -0.985.